The SMILES string of the molecule is COc1c(Br)cc(Cl)cc1S(=O)(=O)N1CCC(C)(CN)C1.Cl. The van der Waals surface area contributed by atoms with Crippen LogP contribution in [0.5, 0.6) is 5.75 Å². The van der Waals surface area contributed by atoms with E-state index in [0.29, 0.717) is 29.1 Å². The number of halogens is 3. The lowest BCUT2D eigenvalue weighted by Crippen LogP contribution is -2.34. The molecule has 0 aromatic heterocycles. The van der Waals surface area contributed by atoms with Gasteiger partial charge in [-0.2, -0.15) is 4.31 Å². The van der Waals surface area contributed by atoms with Gasteiger partial charge >= 0.3 is 0 Å². The molecule has 22 heavy (non-hydrogen) atoms. The zero-order chi connectivity index (χ0) is 15.8. The van der Waals surface area contributed by atoms with E-state index in [-0.39, 0.29) is 28.5 Å². The van der Waals surface area contributed by atoms with Crippen molar-refractivity contribution in [2.75, 3.05) is 26.7 Å². The molecule has 0 aliphatic carbocycles. The van der Waals surface area contributed by atoms with Gasteiger partial charge in [-0.25, -0.2) is 8.42 Å². The Hall–Kier alpha value is -0.0500. The number of ether oxygens (including phenoxy) is 1. The van der Waals surface area contributed by atoms with Crippen LogP contribution in [0.1, 0.15) is 13.3 Å². The third kappa shape index (κ3) is 3.71. The Bertz CT molecular complexity index is 657. The van der Waals surface area contributed by atoms with E-state index < -0.39 is 10.0 Å². The van der Waals surface area contributed by atoms with Crippen LogP contribution in [0, 0.1) is 5.41 Å². The average Bonchev–Trinajstić information content (AvgIpc) is 2.82. The standard InChI is InChI=1S/C13H18BrClN2O3S.ClH/c1-13(7-16)3-4-17(8-13)21(18,19)11-6-9(15)5-10(14)12(11)20-2;/h5-6H,3-4,7-8,16H2,1-2H3;1H. The van der Waals surface area contributed by atoms with E-state index in [1.54, 1.807) is 6.07 Å². The summed E-state index contributed by atoms with van der Waals surface area (Å²) in [6, 6.07) is 3.02. The first-order chi connectivity index (χ1) is 9.73. The molecule has 1 fully saturated rings. The van der Waals surface area contributed by atoms with Crippen molar-refractivity contribution in [3.63, 3.8) is 0 Å². The smallest absolute Gasteiger partial charge is 0.246 e. The van der Waals surface area contributed by atoms with E-state index in [0.717, 1.165) is 6.42 Å². The maximum atomic E-state index is 12.8. The van der Waals surface area contributed by atoms with Gasteiger partial charge in [0.2, 0.25) is 10.0 Å². The predicted octanol–water partition coefficient (Wildman–Crippen LogP) is 2.89. The van der Waals surface area contributed by atoms with Crippen LogP contribution in [0.25, 0.3) is 0 Å². The molecule has 0 amide bonds. The van der Waals surface area contributed by atoms with Gasteiger partial charge in [0.1, 0.15) is 4.90 Å². The molecule has 1 atom stereocenters. The summed E-state index contributed by atoms with van der Waals surface area (Å²) in [5.41, 5.74) is 5.56. The van der Waals surface area contributed by atoms with Gasteiger partial charge in [-0.05, 0) is 46.4 Å². The molecule has 5 nitrogen and oxygen atoms in total. The van der Waals surface area contributed by atoms with Crippen molar-refractivity contribution in [2.45, 2.75) is 18.2 Å². The number of nitrogens with zero attached hydrogens (tertiary/aromatic N) is 1. The van der Waals surface area contributed by atoms with Crippen LogP contribution in [0.15, 0.2) is 21.5 Å². The van der Waals surface area contributed by atoms with E-state index in [1.807, 2.05) is 6.92 Å². The Labute approximate surface area is 150 Å². The molecule has 126 valence electrons. The molecule has 1 heterocycles. The molecule has 0 bridgehead atoms. The zero-order valence-electron chi connectivity index (χ0n) is 12.3. The largest absolute Gasteiger partial charge is 0.494 e. The van der Waals surface area contributed by atoms with Crippen molar-refractivity contribution >= 4 is 50.0 Å². The van der Waals surface area contributed by atoms with Gasteiger partial charge in [-0.15, -0.1) is 12.4 Å². The molecular formula is C13H19BrCl2N2O3S. The van der Waals surface area contributed by atoms with Crippen LogP contribution in [-0.4, -0.2) is 39.5 Å². The number of hydrogen-bond donors (Lipinski definition) is 1. The molecule has 0 radical (unpaired) electrons. The summed E-state index contributed by atoms with van der Waals surface area (Å²) < 4.78 is 32.9. The summed E-state index contributed by atoms with van der Waals surface area (Å²) in [4.78, 5) is 0.0747. The fourth-order valence-electron chi connectivity index (χ4n) is 2.42. The second kappa shape index (κ2) is 7.23. The quantitative estimate of drug-likeness (QED) is 0.792. The van der Waals surface area contributed by atoms with Gasteiger partial charge in [0.05, 0.1) is 11.6 Å². The van der Waals surface area contributed by atoms with Crippen molar-refractivity contribution in [1.82, 2.24) is 4.31 Å². The Kier molecular flexibility index (Phi) is 6.58. The number of benzene rings is 1. The topological polar surface area (TPSA) is 72.6 Å². The second-order valence-corrected chi connectivity index (χ2v) is 8.72. The molecule has 9 heteroatoms. The van der Waals surface area contributed by atoms with Crippen LogP contribution in [0.2, 0.25) is 5.02 Å². The van der Waals surface area contributed by atoms with Crippen molar-refractivity contribution in [3.05, 3.63) is 21.6 Å². The van der Waals surface area contributed by atoms with E-state index in [4.69, 9.17) is 22.1 Å². The Morgan fingerprint density at radius 2 is 2.14 bits per heavy atom. The maximum absolute atomic E-state index is 12.8. The minimum Gasteiger partial charge on any atom is -0.494 e. The van der Waals surface area contributed by atoms with Gasteiger partial charge < -0.3 is 10.5 Å². The number of hydrogen-bond acceptors (Lipinski definition) is 4. The molecule has 1 aliphatic rings. The van der Waals surface area contributed by atoms with Crippen molar-refractivity contribution in [1.29, 1.82) is 0 Å². The Morgan fingerprint density at radius 1 is 1.50 bits per heavy atom. The zero-order valence-corrected chi connectivity index (χ0v) is 16.3. The molecule has 1 aliphatic heterocycles. The van der Waals surface area contributed by atoms with Crippen LogP contribution >= 0.6 is 39.9 Å². The number of rotatable bonds is 4. The first kappa shape index (κ1) is 20.0. The molecule has 0 saturated carbocycles. The average molecular weight is 434 g/mol. The van der Waals surface area contributed by atoms with Gasteiger partial charge in [0.15, 0.2) is 5.75 Å². The van der Waals surface area contributed by atoms with Crippen LogP contribution < -0.4 is 10.5 Å². The third-order valence-electron chi connectivity index (χ3n) is 3.81. The normalized spacial score (nSPS) is 22.4. The molecular weight excluding hydrogens is 415 g/mol. The summed E-state index contributed by atoms with van der Waals surface area (Å²) in [6.07, 6.45) is 0.743. The van der Waals surface area contributed by atoms with Crippen LogP contribution in [-0.2, 0) is 10.0 Å². The molecule has 1 aromatic rings. The Balaban J connectivity index is 0.00000242. The molecule has 1 saturated heterocycles. The van der Waals surface area contributed by atoms with Gasteiger partial charge in [-0.3, -0.25) is 0 Å². The molecule has 1 unspecified atom stereocenters. The van der Waals surface area contributed by atoms with Gasteiger partial charge in [-0.1, -0.05) is 18.5 Å². The Morgan fingerprint density at radius 3 is 2.64 bits per heavy atom. The molecule has 2 rings (SSSR count). The minimum absolute atomic E-state index is 0. The highest BCUT2D eigenvalue weighted by Crippen LogP contribution is 2.39. The highest BCUT2D eigenvalue weighted by molar-refractivity contribution is 9.10. The van der Waals surface area contributed by atoms with Crippen molar-refractivity contribution < 1.29 is 13.2 Å². The maximum Gasteiger partial charge on any atom is 0.246 e. The fourth-order valence-corrected chi connectivity index (χ4v) is 5.38. The van der Waals surface area contributed by atoms with E-state index in [9.17, 15) is 8.42 Å². The lowest BCUT2D eigenvalue weighted by molar-refractivity contribution is 0.348. The summed E-state index contributed by atoms with van der Waals surface area (Å²) >= 11 is 9.27. The van der Waals surface area contributed by atoms with Crippen molar-refractivity contribution in [3.8, 4) is 5.75 Å². The lowest BCUT2D eigenvalue weighted by Gasteiger charge is -2.23. The van der Waals surface area contributed by atoms with Crippen LogP contribution in [0.3, 0.4) is 0 Å². The third-order valence-corrected chi connectivity index (χ3v) is 6.47. The highest BCUT2D eigenvalue weighted by Gasteiger charge is 2.40. The first-order valence-electron chi connectivity index (χ1n) is 6.47. The van der Waals surface area contributed by atoms with Gasteiger partial charge in [0.25, 0.3) is 0 Å². The molecule has 0 spiro atoms. The monoisotopic (exact) mass is 432 g/mol. The van der Waals surface area contributed by atoms with Crippen molar-refractivity contribution in [2.24, 2.45) is 11.1 Å². The molecule has 1 aromatic carbocycles. The number of sulfonamides is 1. The highest BCUT2D eigenvalue weighted by atomic mass is 79.9. The lowest BCUT2D eigenvalue weighted by atomic mass is 9.90. The van der Waals surface area contributed by atoms with E-state index in [2.05, 4.69) is 15.9 Å². The molecule has 2 N–H and O–H groups in total. The minimum atomic E-state index is -3.67. The van der Waals surface area contributed by atoms with E-state index >= 15 is 0 Å². The first-order valence-corrected chi connectivity index (χ1v) is 9.08. The summed E-state index contributed by atoms with van der Waals surface area (Å²) in [7, 11) is -2.24. The second-order valence-electron chi connectivity index (χ2n) is 5.52. The summed E-state index contributed by atoms with van der Waals surface area (Å²) in [6.45, 7) is 3.30. The summed E-state index contributed by atoms with van der Waals surface area (Å²) in [5, 5.41) is 0.335. The van der Waals surface area contributed by atoms with E-state index in [1.165, 1.54) is 17.5 Å². The van der Waals surface area contributed by atoms with Crippen LogP contribution in [0.4, 0.5) is 0 Å². The van der Waals surface area contributed by atoms with Gasteiger partial charge in [0, 0.05) is 18.1 Å². The predicted molar refractivity (Wildman–Crippen MR) is 93.5 cm³/mol. The summed E-state index contributed by atoms with van der Waals surface area (Å²) in [5.74, 6) is 0.265. The fraction of sp³-hybridized carbons (Fsp3) is 0.538. The number of methoxy groups -OCH3 is 1. The number of nitrogens with two attached hydrogens (primary N) is 1.